The smallest absolute Gasteiger partial charge is 0.0798 e. The summed E-state index contributed by atoms with van der Waals surface area (Å²) in [6.07, 6.45) is 2.70. The van der Waals surface area contributed by atoms with E-state index in [4.69, 9.17) is 4.74 Å². The largest absolute Gasteiger partial charge is 0.379 e. The van der Waals surface area contributed by atoms with E-state index in [-0.39, 0.29) is 12.1 Å². The Morgan fingerprint density at radius 3 is 2.90 bits per heavy atom. The number of rotatable bonds is 2. The van der Waals surface area contributed by atoms with Gasteiger partial charge >= 0.3 is 0 Å². The summed E-state index contributed by atoms with van der Waals surface area (Å²) >= 11 is 0. The summed E-state index contributed by atoms with van der Waals surface area (Å²) < 4.78 is 5.11. The lowest BCUT2D eigenvalue weighted by Gasteiger charge is -2.17. The van der Waals surface area contributed by atoms with Gasteiger partial charge in [0.2, 0.25) is 0 Å². The lowest BCUT2D eigenvalue weighted by atomic mass is 10.2. The van der Waals surface area contributed by atoms with Crippen molar-refractivity contribution in [3.05, 3.63) is 12.7 Å². The minimum atomic E-state index is -0.0231. The van der Waals surface area contributed by atoms with Crippen molar-refractivity contribution in [2.24, 2.45) is 0 Å². The van der Waals surface area contributed by atoms with Crippen LogP contribution in [-0.4, -0.2) is 36.1 Å². The summed E-state index contributed by atoms with van der Waals surface area (Å²) in [5.41, 5.74) is 0. The Kier molecular flexibility index (Phi) is 2.43. The van der Waals surface area contributed by atoms with E-state index in [0.29, 0.717) is 6.54 Å². The Balaban J connectivity index is 2.53. The molecule has 0 radical (unpaired) electrons. The predicted molar refractivity (Wildman–Crippen MR) is 37.9 cm³/mol. The van der Waals surface area contributed by atoms with E-state index in [0.717, 1.165) is 6.42 Å². The molecule has 2 atom stereocenters. The van der Waals surface area contributed by atoms with Gasteiger partial charge < -0.3 is 9.94 Å². The molecule has 1 saturated heterocycles. The van der Waals surface area contributed by atoms with E-state index >= 15 is 0 Å². The SMILES string of the molecule is C=C[C@H]1[C@@H](OC)CCN1O. The van der Waals surface area contributed by atoms with Crippen LogP contribution in [0.1, 0.15) is 6.42 Å². The van der Waals surface area contributed by atoms with Crippen molar-refractivity contribution in [3.63, 3.8) is 0 Å². The Hall–Kier alpha value is -0.380. The van der Waals surface area contributed by atoms with Gasteiger partial charge in [0.25, 0.3) is 0 Å². The molecule has 0 amide bonds. The number of nitrogens with zero attached hydrogens (tertiary/aromatic N) is 1. The number of hydrogen-bond acceptors (Lipinski definition) is 3. The minimum absolute atomic E-state index is 0.0231. The van der Waals surface area contributed by atoms with Gasteiger partial charge in [0.15, 0.2) is 0 Å². The third-order valence-corrected chi connectivity index (χ3v) is 1.91. The first kappa shape index (κ1) is 7.72. The molecule has 3 heteroatoms. The maximum atomic E-state index is 9.17. The maximum absolute atomic E-state index is 9.17. The van der Waals surface area contributed by atoms with Crippen LogP contribution < -0.4 is 0 Å². The van der Waals surface area contributed by atoms with Crippen LogP contribution in [0.5, 0.6) is 0 Å². The van der Waals surface area contributed by atoms with Gasteiger partial charge in [0.1, 0.15) is 0 Å². The molecule has 10 heavy (non-hydrogen) atoms. The Morgan fingerprint density at radius 2 is 2.50 bits per heavy atom. The van der Waals surface area contributed by atoms with Crippen LogP contribution in [0, 0.1) is 0 Å². The zero-order valence-electron chi connectivity index (χ0n) is 6.16. The lowest BCUT2D eigenvalue weighted by Crippen LogP contribution is -2.31. The summed E-state index contributed by atoms with van der Waals surface area (Å²) in [6.45, 7) is 4.29. The molecule has 1 aliphatic rings. The molecule has 0 aromatic heterocycles. The van der Waals surface area contributed by atoms with Gasteiger partial charge in [-0.2, -0.15) is 5.06 Å². The zero-order chi connectivity index (χ0) is 7.56. The second-order valence-electron chi connectivity index (χ2n) is 2.45. The molecule has 58 valence electrons. The van der Waals surface area contributed by atoms with E-state index in [9.17, 15) is 5.21 Å². The molecule has 0 aromatic rings. The van der Waals surface area contributed by atoms with E-state index in [2.05, 4.69) is 6.58 Å². The van der Waals surface area contributed by atoms with E-state index in [1.54, 1.807) is 13.2 Å². The fourth-order valence-electron chi connectivity index (χ4n) is 1.30. The van der Waals surface area contributed by atoms with E-state index in [1.807, 2.05) is 0 Å². The average Bonchev–Trinajstić information content (AvgIpc) is 2.30. The first-order chi connectivity index (χ1) is 4.79. The fraction of sp³-hybridized carbons (Fsp3) is 0.714. The maximum Gasteiger partial charge on any atom is 0.0798 e. The molecule has 0 bridgehead atoms. The summed E-state index contributed by atoms with van der Waals surface area (Å²) in [6, 6.07) is -0.0231. The molecule has 3 nitrogen and oxygen atoms in total. The number of hydroxylamine groups is 2. The molecule has 1 fully saturated rings. The van der Waals surface area contributed by atoms with Crippen molar-refractivity contribution in [1.29, 1.82) is 0 Å². The summed E-state index contributed by atoms with van der Waals surface area (Å²) in [5, 5.41) is 10.4. The first-order valence-corrected chi connectivity index (χ1v) is 3.40. The highest BCUT2D eigenvalue weighted by Gasteiger charge is 2.30. The summed E-state index contributed by atoms with van der Waals surface area (Å²) in [7, 11) is 1.65. The highest BCUT2D eigenvalue weighted by Crippen LogP contribution is 2.18. The van der Waals surface area contributed by atoms with Crippen molar-refractivity contribution >= 4 is 0 Å². The quantitative estimate of drug-likeness (QED) is 0.576. The van der Waals surface area contributed by atoms with Crippen LogP contribution in [0.3, 0.4) is 0 Å². The Morgan fingerprint density at radius 1 is 1.80 bits per heavy atom. The molecule has 0 saturated carbocycles. The Labute approximate surface area is 60.9 Å². The number of ether oxygens (including phenoxy) is 1. The third-order valence-electron chi connectivity index (χ3n) is 1.91. The van der Waals surface area contributed by atoms with Gasteiger partial charge in [-0.05, 0) is 6.42 Å². The molecule has 1 aliphatic heterocycles. The minimum Gasteiger partial charge on any atom is -0.379 e. The molecule has 0 aromatic carbocycles. The molecule has 1 N–H and O–H groups in total. The van der Waals surface area contributed by atoms with Crippen LogP contribution in [0.15, 0.2) is 12.7 Å². The van der Waals surface area contributed by atoms with Crippen LogP contribution in [0.25, 0.3) is 0 Å². The monoisotopic (exact) mass is 143 g/mol. The van der Waals surface area contributed by atoms with Gasteiger partial charge in [0, 0.05) is 13.7 Å². The number of methoxy groups -OCH3 is 1. The van der Waals surface area contributed by atoms with Crippen molar-refractivity contribution in [3.8, 4) is 0 Å². The Bertz CT molecular complexity index is 127. The fourth-order valence-corrected chi connectivity index (χ4v) is 1.30. The van der Waals surface area contributed by atoms with Gasteiger partial charge in [0.05, 0.1) is 12.1 Å². The van der Waals surface area contributed by atoms with Crippen molar-refractivity contribution in [1.82, 2.24) is 5.06 Å². The summed E-state index contributed by atoms with van der Waals surface area (Å²) in [4.78, 5) is 0. The van der Waals surface area contributed by atoms with E-state index in [1.165, 1.54) is 5.06 Å². The van der Waals surface area contributed by atoms with Crippen molar-refractivity contribution < 1.29 is 9.94 Å². The average molecular weight is 143 g/mol. The highest BCUT2D eigenvalue weighted by molar-refractivity contribution is 4.95. The van der Waals surface area contributed by atoms with Gasteiger partial charge in [-0.1, -0.05) is 6.08 Å². The summed E-state index contributed by atoms with van der Waals surface area (Å²) in [5.74, 6) is 0. The number of hydrogen-bond donors (Lipinski definition) is 1. The van der Waals surface area contributed by atoms with Crippen LogP contribution >= 0.6 is 0 Å². The third kappa shape index (κ3) is 1.21. The molecule has 0 spiro atoms. The van der Waals surface area contributed by atoms with Crippen molar-refractivity contribution in [2.45, 2.75) is 18.6 Å². The van der Waals surface area contributed by atoms with Gasteiger partial charge in [-0.15, -0.1) is 6.58 Å². The predicted octanol–water partition coefficient (Wildman–Crippen LogP) is 0.651. The normalized spacial score (nSPS) is 34.6. The standard InChI is InChI=1S/C7H13NO2/c1-3-6-7(10-2)4-5-8(6)9/h3,6-7,9H,1,4-5H2,2H3/t6-,7-/m0/s1. The van der Waals surface area contributed by atoms with Crippen LogP contribution in [0.2, 0.25) is 0 Å². The molecular formula is C7H13NO2. The highest BCUT2D eigenvalue weighted by atomic mass is 16.5. The zero-order valence-corrected chi connectivity index (χ0v) is 6.16. The lowest BCUT2D eigenvalue weighted by molar-refractivity contribution is -0.104. The second kappa shape index (κ2) is 3.14. The van der Waals surface area contributed by atoms with Crippen LogP contribution in [-0.2, 0) is 4.74 Å². The molecule has 1 rings (SSSR count). The molecule has 1 heterocycles. The van der Waals surface area contributed by atoms with Gasteiger partial charge in [-0.3, -0.25) is 0 Å². The first-order valence-electron chi connectivity index (χ1n) is 3.40. The van der Waals surface area contributed by atoms with E-state index < -0.39 is 0 Å². The molecular weight excluding hydrogens is 130 g/mol. The van der Waals surface area contributed by atoms with Crippen molar-refractivity contribution in [2.75, 3.05) is 13.7 Å². The molecule has 0 unspecified atom stereocenters. The molecule has 0 aliphatic carbocycles. The second-order valence-corrected chi connectivity index (χ2v) is 2.45. The topological polar surface area (TPSA) is 32.7 Å². The van der Waals surface area contributed by atoms with Gasteiger partial charge in [-0.25, -0.2) is 0 Å². The van der Waals surface area contributed by atoms with Crippen LogP contribution in [0.4, 0.5) is 0 Å².